The number of rotatable bonds is 2. The molecule has 0 fully saturated rings. The van der Waals surface area contributed by atoms with E-state index in [1.54, 1.807) is 19.1 Å². The fraction of sp³-hybridized carbons (Fsp3) is 0.133. The maximum atomic E-state index is 13.0. The average molecular weight is 299 g/mol. The van der Waals surface area contributed by atoms with E-state index in [-0.39, 0.29) is 17.9 Å². The molecule has 0 aliphatic carbocycles. The highest BCUT2D eigenvalue weighted by atomic mass is 32.1. The van der Waals surface area contributed by atoms with Crippen LogP contribution < -0.4 is 5.56 Å². The van der Waals surface area contributed by atoms with E-state index in [0.717, 1.165) is 11.1 Å². The van der Waals surface area contributed by atoms with Crippen LogP contribution >= 0.6 is 11.3 Å². The third kappa shape index (κ3) is 2.22. The van der Waals surface area contributed by atoms with Crippen molar-refractivity contribution in [1.82, 2.24) is 9.55 Å². The summed E-state index contributed by atoms with van der Waals surface area (Å²) in [5, 5.41) is 11.1. The number of aromatic nitrogens is 2. The first-order valence-corrected chi connectivity index (χ1v) is 7.11. The van der Waals surface area contributed by atoms with Crippen LogP contribution in [0, 0.1) is 24.1 Å². The highest BCUT2D eigenvalue weighted by Crippen LogP contribution is 2.30. The highest BCUT2D eigenvalue weighted by molar-refractivity contribution is 7.17. The van der Waals surface area contributed by atoms with Gasteiger partial charge >= 0.3 is 0 Å². The zero-order valence-electron chi connectivity index (χ0n) is 11.1. The molecule has 104 valence electrons. The number of nitrogens with zero attached hydrogens (tertiary/aromatic N) is 3. The Labute approximate surface area is 123 Å². The van der Waals surface area contributed by atoms with Gasteiger partial charge in [0.1, 0.15) is 23.0 Å². The van der Waals surface area contributed by atoms with E-state index in [1.165, 1.54) is 28.0 Å². The Kier molecular flexibility index (Phi) is 3.28. The number of fused-ring (bicyclic) bond motifs is 1. The van der Waals surface area contributed by atoms with Gasteiger partial charge in [-0.25, -0.2) is 9.37 Å². The van der Waals surface area contributed by atoms with Crippen molar-refractivity contribution in [2.45, 2.75) is 13.5 Å². The zero-order chi connectivity index (χ0) is 15.0. The van der Waals surface area contributed by atoms with Gasteiger partial charge in [-0.05, 0) is 24.6 Å². The van der Waals surface area contributed by atoms with Crippen molar-refractivity contribution in [2.75, 3.05) is 0 Å². The van der Waals surface area contributed by atoms with Gasteiger partial charge in [-0.15, -0.1) is 11.3 Å². The third-order valence-electron chi connectivity index (χ3n) is 3.27. The molecule has 6 heteroatoms. The van der Waals surface area contributed by atoms with Gasteiger partial charge in [0.05, 0.1) is 11.5 Å². The Morgan fingerprint density at radius 1 is 1.38 bits per heavy atom. The predicted molar refractivity (Wildman–Crippen MR) is 79.6 cm³/mol. The number of hydrogen-bond donors (Lipinski definition) is 0. The van der Waals surface area contributed by atoms with Crippen LogP contribution in [0.2, 0.25) is 0 Å². The van der Waals surface area contributed by atoms with Crippen LogP contribution in [0.1, 0.15) is 5.82 Å². The molecule has 21 heavy (non-hydrogen) atoms. The molecule has 4 nitrogen and oxygen atoms in total. The maximum absolute atomic E-state index is 13.0. The lowest BCUT2D eigenvalue weighted by atomic mass is 10.1. The fourth-order valence-corrected chi connectivity index (χ4v) is 3.21. The number of hydrogen-bond acceptors (Lipinski definition) is 4. The molecule has 3 aromatic rings. The van der Waals surface area contributed by atoms with Crippen molar-refractivity contribution in [3.63, 3.8) is 0 Å². The number of benzene rings is 1. The van der Waals surface area contributed by atoms with Crippen molar-refractivity contribution >= 4 is 21.6 Å². The molecular weight excluding hydrogens is 289 g/mol. The van der Waals surface area contributed by atoms with Crippen molar-refractivity contribution in [3.8, 4) is 17.2 Å². The fourth-order valence-electron chi connectivity index (χ4n) is 2.22. The van der Waals surface area contributed by atoms with Crippen molar-refractivity contribution in [1.29, 1.82) is 5.26 Å². The summed E-state index contributed by atoms with van der Waals surface area (Å²) < 4.78 is 14.4. The van der Waals surface area contributed by atoms with Gasteiger partial charge in [-0.2, -0.15) is 5.26 Å². The molecule has 0 N–H and O–H groups in total. The molecule has 0 aliphatic rings. The molecule has 0 bridgehead atoms. The van der Waals surface area contributed by atoms with E-state index in [0.29, 0.717) is 16.0 Å². The van der Waals surface area contributed by atoms with Crippen LogP contribution in [0.15, 0.2) is 34.4 Å². The number of halogens is 1. The second-order valence-electron chi connectivity index (χ2n) is 4.54. The number of nitriles is 1. The molecule has 0 amide bonds. The van der Waals surface area contributed by atoms with Crippen LogP contribution in [0.25, 0.3) is 21.3 Å². The Balaban J connectivity index is 2.31. The lowest BCUT2D eigenvalue weighted by Crippen LogP contribution is -2.23. The van der Waals surface area contributed by atoms with Gasteiger partial charge in [0.15, 0.2) is 0 Å². The predicted octanol–water partition coefficient (Wildman–Crippen LogP) is 3.10. The minimum absolute atomic E-state index is 0.0354. The molecule has 0 unspecified atom stereocenters. The summed E-state index contributed by atoms with van der Waals surface area (Å²) in [6.07, 6.45) is 0. The van der Waals surface area contributed by atoms with Gasteiger partial charge in [0.2, 0.25) is 0 Å². The molecule has 2 heterocycles. The Hall–Kier alpha value is -2.52. The Morgan fingerprint density at radius 2 is 2.10 bits per heavy atom. The number of thiophene rings is 1. The molecule has 2 aromatic heterocycles. The van der Waals surface area contributed by atoms with Gasteiger partial charge in [0.25, 0.3) is 5.56 Å². The molecule has 0 atom stereocenters. The van der Waals surface area contributed by atoms with Gasteiger partial charge in [0, 0.05) is 10.9 Å². The van der Waals surface area contributed by atoms with E-state index < -0.39 is 0 Å². The first-order chi connectivity index (χ1) is 10.1. The summed E-state index contributed by atoms with van der Waals surface area (Å²) in [6.45, 7) is 1.67. The summed E-state index contributed by atoms with van der Waals surface area (Å²) in [5.74, 6) is 0.190. The summed E-state index contributed by atoms with van der Waals surface area (Å²) in [5.41, 5.74) is 1.24. The topological polar surface area (TPSA) is 58.7 Å². The first kappa shape index (κ1) is 13.5. The SMILES string of the molecule is Cc1nc2scc(-c3ccc(F)cc3)c2c(=O)n1CC#N. The molecular formula is C15H10FN3OS. The standard InChI is InChI=1S/C15H10FN3OS/c1-9-18-14-13(15(20)19(9)7-6-17)12(8-21-14)10-2-4-11(16)5-3-10/h2-5,8H,7H2,1H3. The van der Waals surface area contributed by atoms with E-state index in [4.69, 9.17) is 5.26 Å². The van der Waals surface area contributed by atoms with Crippen LogP contribution in [0.5, 0.6) is 0 Å². The quantitative estimate of drug-likeness (QED) is 0.730. The van der Waals surface area contributed by atoms with Crippen LogP contribution in [-0.4, -0.2) is 9.55 Å². The van der Waals surface area contributed by atoms with E-state index >= 15 is 0 Å². The highest BCUT2D eigenvalue weighted by Gasteiger charge is 2.15. The molecule has 3 rings (SSSR count). The lowest BCUT2D eigenvalue weighted by Gasteiger charge is -2.06. The largest absolute Gasteiger partial charge is 0.282 e. The minimum Gasteiger partial charge on any atom is -0.282 e. The van der Waals surface area contributed by atoms with Crippen LogP contribution in [0.4, 0.5) is 4.39 Å². The van der Waals surface area contributed by atoms with Crippen molar-refractivity contribution in [3.05, 3.63) is 51.6 Å². The normalized spacial score (nSPS) is 10.7. The van der Waals surface area contributed by atoms with Gasteiger partial charge < -0.3 is 0 Å². The summed E-state index contributed by atoms with van der Waals surface area (Å²) in [4.78, 5) is 17.6. The third-order valence-corrected chi connectivity index (χ3v) is 4.14. The minimum atomic E-state index is -0.325. The Bertz CT molecular complexity index is 919. The second kappa shape index (κ2) is 5.11. The lowest BCUT2D eigenvalue weighted by molar-refractivity contribution is 0.628. The monoisotopic (exact) mass is 299 g/mol. The first-order valence-electron chi connectivity index (χ1n) is 6.23. The van der Waals surface area contributed by atoms with E-state index in [1.807, 2.05) is 11.4 Å². The smallest absolute Gasteiger partial charge is 0.263 e. The molecule has 1 aromatic carbocycles. The Morgan fingerprint density at radius 3 is 2.76 bits per heavy atom. The zero-order valence-corrected chi connectivity index (χ0v) is 11.9. The maximum Gasteiger partial charge on any atom is 0.263 e. The average Bonchev–Trinajstić information content (AvgIpc) is 2.88. The molecule has 0 radical (unpaired) electrons. The van der Waals surface area contributed by atoms with E-state index in [9.17, 15) is 9.18 Å². The molecule has 0 saturated heterocycles. The van der Waals surface area contributed by atoms with Crippen LogP contribution in [0.3, 0.4) is 0 Å². The van der Waals surface area contributed by atoms with Gasteiger partial charge in [-0.1, -0.05) is 12.1 Å². The number of aryl methyl sites for hydroxylation is 1. The summed E-state index contributed by atoms with van der Waals surface area (Å²) in [7, 11) is 0. The molecule has 0 spiro atoms. The van der Waals surface area contributed by atoms with Crippen molar-refractivity contribution < 1.29 is 4.39 Å². The van der Waals surface area contributed by atoms with E-state index in [2.05, 4.69) is 4.98 Å². The van der Waals surface area contributed by atoms with Gasteiger partial charge in [-0.3, -0.25) is 9.36 Å². The van der Waals surface area contributed by atoms with Crippen LogP contribution in [-0.2, 0) is 6.54 Å². The second-order valence-corrected chi connectivity index (χ2v) is 5.40. The molecule has 0 aliphatic heterocycles. The summed E-state index contributed by atoms with van der Waals surface area (Å²) in [6, 6.07) is 7.94. The van der Waals surface area contributed by atoms with Crippen molar-refractivity contribution in [2.24, 2.45) is 0 Å². The molecule has 0 saturated carbocycles. The summed E-state index contributed by atoms with van der Waals surface area (Å²) >= 11 is 1.37.